The van der Waals surface area contributed by atoms with E-state index in [0.29, 0.717) is 60.4 Å². The molecule has 1 saturated heterocycles. The molecule has 2 aliphatic rings. The number of carbonyl (C=O) groups is 2. The lowest BCUT2D eigenvalue weighted by Crippen LogP contribution is -2.31. The summed E-state index contributed by atoms with van der Waals surface area (Å²) in [5, 5.41) is 11.3. The second-order valence-corrected chi connectivity index (χ2v) is 8.74. The number of likely N-dealkylation sites (tertiary alicyclic amines) is 1. The van der Waals surface area contributed by atoms with Crippen LogP contribution in [0.3, 0.4) is 0 Å². The summed E-state index contributed by atoms with van der Waals surface area (Å²) in [6.45, 7) is 5.39. The van der Waals surface area contributed by atoms with Gasteiger partial charge < -0.3 is 33.7 Å². The molecule has 4 rings (SSSR count). The Morgan fingerprint density at radius 2 is 1.75 bits per heavy atom. The van der Waals surface area contributed by atoms with E-state index < -0.39 is 17.7 Å². The number of hydrogen-bond donors (Lipinski definition) is 1. The first-order chi connectivity index (χ1) is 17.3. The number of rotatable bonds is 9. The van der Waals surface area contributed by atoms with E-state index in [-0.39, 0.29) is 24.0 Å². The van der Waals surface area contributed by atoms with E-state index in [9.17, 15) is 14.7 Å². The van der Waals surface area contributed by atoms with Crippen LogP contribution in [0.25, 0.3) is 5.76 Å². The number of amides is 1. The summed E-state index contributed by atoms with van der Waals surface area (Å²) in [5.74, 6) is 0.253. The monoisotopic (exact) mass is 497 g/mol. The van der Waals surface area contributed by atoms with Gasteiger partial charge in [-0.25, -0.2) is 0 Å². The first kappa shape index (κ1) is 25.4. The molecule has 0 bridgehead atoms. The van der Waals surface area contributed by atoms with Gasteiger partial charge in [0, 0.05) is 18.7 Å². The predicted molar refractivity (Wildman–Crippen MR) is 132 cm³/mol. The molecule has 1 unspecified atom stereocenters. The molecule has 1 fully saturated rings. The van der Waals surface area contributed by atoms with Gasteiger partial charge in [-0.2, -0.15) is 0 Å². The second kappa shape index (κ2) is 10.9. The Morgan fingerprint density at radius 1 is 1.03 bits per heavy atom. The Bertz CT molecular complexity index is 1170. The lowest BCUT2D eigenvalue weighted by Gasteiger charge is -2.26. The summed E-state index contributed by atoms with van der Waals surface area (Å²) in [5.41, 5.74) is 0.954. The average molecular weight is 498 g/mol. The van der Waals surface area contributed by atoms with E-state index in [1.165, 1.54) is 19.1 Å². The molecular weight excluding hydrogens is 466 g/mol. The number of hydrogen-bond acceptors (Lipinski definition) is 8. The third kappa shape index (κ3) is 4.97. The van der Waals surface area contributed by atoms with E-state index in [2.05, 4.69) is 0 Å². The molecule has 0 spiro atoms. The third-order valence-electron chi connectivity index (χ3n) is 6.07. The van der Waals surface area contributed by atoms with Gasteiger partial charge in [0.05, 0.1) is 31.9 Å². The zero-order chi connectivity index (χ0) is 25.8. The van der Waals surface area contributed by atoms with Gasteiger partial charge in [0.25, 0.3) is 11.7 Å². The summed E-state index contributed by atoms with van der Waals surface area (Å²) < 4.78 is 27.6. The molecule has 2 heterocycles. The Balaban J connectivity index is 1.78. The van der Waals surface area contributed by atoms with Crippen molar-refractivity contribution in [2.45, 2.75) is 32.4 Å². The standard InChI is InChI=1S/C27H31NO8/c1-16(2)34-11-5-10-28-24(17-6-8-19(32-3)21(14-17)33-4)23(26(30)27(28)31)25(29)18-7-9-20-22(15-18)36-13-12-35-20/h6-9,14-16,24,29H,5,10-13H2,1-4H3/b25-23+. The first-order valence-corrected chi connectivity index (χ1v) is 11.9. The smallest absolute Gasteiger partial charge is 0.295 e. The number of aliphatic hydroxyl groups is 1. The summed E-state index contributed by atoms with van der Waals surface area (Å²) >= 11 is 0. The minimum atomic E-state index is -0.822. The van der Waals surface area contributed by atoms with Crippen molar-refractivity contribution >= 4 is 17.4 Å². The fraction of sp³-hybridized carbons (Fsp3) is 0.407. The van der Waals surface area contributed by atoms with E-state index in [1.54, 1.807) is 36.4 Å². The fourth-order valence-electron chi connectivity index (χ4n) is 4.38. The molecule has 9 nitrogen and oxygen atoms in total. The van der Waals surface area contributed by atoms with Crippen molar-refractivity contribution in [2.24, 2.45) is 0 Å². The van der Waals surface area contributed by atoms with Crippen LogP contribution in [0.4, 0.5) is 0 Å². The predicted octanol–water partition coefficient (Wildman–Crippen LogP) is 3.71. The van der Waals surface area contributed by atoms with Crippen molar-refractivity contribution in [2.75, 3.05) is 40.6 Å². The van der Waals surface area contributed by atoms with Gasteiger partial charge in [-0.3, -0.25) is 9.59 Å². The van der Waals surface area contributed by atoms with E-state index >= 15 is 0 Å². The van der Waals surface area contributed by atoms with Crippen LogP contribution in [-0.2, 0) is 14.3 Å². The largest absolute Gasteiger partial charge is 0.507 e. The summed E-state index contributed by atoms with van der Waals surface area (Å²) in [6, 6.07) is 9.28. The number of ketones is 1. The van der Waals surface area contributed by atoms with Crippen molar-refractivity contribution < 1.29 is 38.4 Å². The third-order valence-corrected chi connectivity index (χ3v) is 6.07. The normalized spacial score (nSPS) is 18.6. The van der Waals surface area contributed by atoms with Crippen molar-refractivity contribution in [3.05, 3.63) is 53.1 Å². The molecule has 0 aliphatic carbocycles. The van der Waals surface area contributed by atoms with Crippen molar-refractivity contribution in [3.8, 4) is 23.0 Å². The zero-order valence-electron chi connectivity index (χ0n) is 20.9. The molecule has 36 heavy (non-hydrogen) atoms. The zero-order valence-corrected chi connectivity index (χ0v) is 20.9. The van der Waals surface area contributed by atoms with Crippen LogP contribution in [0.1, 0.15) is 37.4 Å². The maximum Gasteiger partial charge on any atom is 0.295 e. The topological polar surface area (TPSA) is 104 Å². The SMILES string of the molecule is COc1ccc(C2/C(=C(\O)c3ccc4c(c3)OCCO4)C(=O)C(=O)N2CCCOC(C)C)cc1OC. The number of fused-ring (bicyclic) bond motifs is 1. The van der Waals surface area contributed by atoms with Gasteiger partial charge in [-0.15, -0.1) is 0 Å². The number of Topliss-reactive ketones (excluding diaryl/α,β-unsaturated/α-hetero) is 1. The summed E-state index contributed by atoms with van der Waals surface area (Å²) in [7, 11) is 3.04. The van der Waals surface area contributed by atoms with E-state index in [1.807, 2.05) is 13.8 Å². The highest BCUT2D eigenvalue weighted by Gasteiger charge is 2.46. The van der Waals surface area contributed by atoms with Crippen LogP contribution in [0.15, 0.2) is 42.0 Å². The highest BCUT2D eigenvalue weighted by Crippen LogP contribution is 2.43. The molecule has 0 aromatic heterocycles. The lowest BCUT2D eigenvalue weighted by molar-refractivity contribution is -0.140. The Morgan fingerprint density at radius 3 is 2.44 bits per heavy atom. The molecular formula is C27H31NO8. The van der Waals surface area contributed by atoms with Crippen molar-refractivity contribution in [1.82, 2.24) is 4.90 Å². The maximum absolute atomic E-state index is 13.3. The molecule has 0 saturated carbocycles. The van der Waals surface area contributed by atoms with Gasteiger partial charge in [-0.1, -0.05) is 6.07 Å². The van der Waals surface area contributed by atoms with E-state index in [0.717, 1.165) is 0 Å². The molecule has 2 aromatic rings. The highest BCUT2D eigenvalue weighted by atomic mass is 16.6. The molecule has 0 radical (unpaired) electrons. The van der Waals surface area contributed by atoms with Crippen molar-refractivity contribution in [1.29, 1.82) is 0 Å². The molecule has 1 atom stereocenters. The van der Waals surface area contributed by atoms with Crippen LogP contribution in [0, 0.1) is 0 Å². The minimum Gasteiger partial charge on any atom is -0.507 e. The molecule has 2 aromatic carbocycles. The maximum atomic E-state index is 13.3. The second-order valence-electron chi connectivity index (χ2n) is 8.74. The van der Waals surface area contributed by atoms with Gasteiger partial charge >= 0.3 is 0 Å². The van der Waals surface area contributed by atoms with Crippen LogP contribution >= 0.6 is 0 Å². The highest BCUT2D eigenvalue weighted by molar-refractivity contribution is 6.46. The molecule has 2 aliphatic heterocycles. The number of nitrogens with zero attached hydrogens (tertiary/aromatic N) is 1. The van der Waals surface area contributed by atoms with Gasteiger partial charge in [0.1, 0.15) is 19.0 Å². The number of benzene rings is 2. The summed E-state index contributed by atoms with van der Waals surface area (Å²) in [4.78, 5) is 27.9. The van der Waals surface area contributed by atoms with Crippen LogP contribution in [0.5, 0.6) is 23.0 Å². The Hall–Kier alpha value is -3.72. The quantitative estimate of drug-likeness (QED) is 0.242. The molecule has 192 valence electrons. The van der Waals surface area contributed by atoms with Gasteiger partial charge in [-0.05, 0) is 56.2 Å². The lowest BCUT2D eigenvalue weighted by atomic mass is 9.94. The van der Waals surface area contributed by atoms with Gasteiger partial charge in [0.15, 0.2) is 23.0 Å². The Labute approximate surface area is 210 Å². The number of aliphatic hydroxyl groups excluding tert-OH is 1. The summed E-state index contributed by atoms with van der Waals surface area (Å²) in [6.07, 6.45) is 0.580. The average Bonchev–Trinajstić information content (AvgIpc) is 3.14. The number of ether oxygens (including phenoxy) is 5. The van der Waals surface area contributed by atoms with Crippen LogP contribution < -0.4 is 18.9 Å². The first-order valence-electron chi connectivity index (χ1n) is 11.9. The van der Waals surface area contributed by atoms with Crippen LogP contribution in [-0.4, -0.2) is 68.4 Å². The molecule has 1 N–H and O–H groups in total. The number of carbonyl (C=O) groups excluding carboxylic acids is 2. The molecule has 9 heteroatoms. The number of methoxy groups -OCH3 is 2. The van der Waals surface area contributed by atoms with Crippen LogP contribution in [0.2, 0.25) is 0 Å². The fourth-order valence-corrected chi connectivity index (χ4v) is 4.38. The van der Waals surface area contributed by atoms with Crippen molar-refractivity contribution in [3.63, 3.8) is 0 Å². The molecule has 1 amide bonds. The minimum absolute atomic E-state index is 0.00586. The van der Waals surface area contributed by atoms with E-state index in [4.69, 9.17) is 23.7 Å². The Kier molecular flexibility index (Phi) is 7.69. The van der Waals surface area contributed by atoms with Gasteiger partial charge in [0.2, 0.25) is 0 Å².